The fraction of sp³-hybridized carbons (Fsp3) is 0.538. The van der Waals surface area contributed by atoms with Crippen molar-refractivity contribution in [3.8, 4) is 11.5 Å². The van der Waals surface area contributed by atoms with Crippen molar-refractivity contribution in [2.75, 3.05) is 27.4 Å². The van der Waals surface area contributed by atoms with Crippen LogP contribution in [0.2, 0.25) is 0 Å². The first-order valence-electron chi connectivity index (χ1n) is 6.01. The second kappa shape index (κ2) is 8.37. The highest BCUT2D eigenvalue weighted by Gasteiger charge is 2.08. The van der Waals surface area contributed by atoms with Gasteiger partial charge in [0.15, 0.2) is 11.5 Å². The van der Waals surface area contributed by atoms with Crippen molar-refractivity contribution in [3.05, 3.63) is 22.2 Å². The Morgan fingerprint density at radius 2 is 2.11 bits per heavy atom. The maximum Gasteiger partial charge on any atom is 0.172 e. The van der Waals surface area contributed by atoms with Gasteiger partial charge in [-0.15, -0.1) is 0 Å². The molecule has 1 aromatic rings. The minimum Gasteiger partial charge on any atom is -0.503 e. The number of aromatic hydroxyl groups is 1. The highest BCUT2D eigenvalue weighted by Crippen LogP contribution is 2.35. The summed E-state index contributed by atoms with van der Waals surface area (Å²) in [7, 11) is 3.08. The average molecular weight is 334 g/mol. The van der Waals surface area contributed by atoms with Crippen LogP contribution in [0.15, 0.2) is 16.6 Å². The smallest absolute Gasteiger partial charge is 0.172 e. The summed E-state index contributed by atoms with van der Waals surface area (Å²) in [6.45, 7) is 1.67. The molecular weight excluding hydrogens is 314 g/mol. The number of halogens is 1. The molecule has 0 spiro atoms. The number of phenols is 1. The summed E-state index contributed by atoms with van der Waals surface area (Å²) in [6, 6.07) is 3.61. The van der Waals surface area contributed by atoms with Crippen LogP contribution in [0.5, 0.6) is 11.5 Å². The summed E-state index contributed by atoms with van der Waals surface area (Å²) < 4.78 is 10.5. The Labute approximate surface area is 121 Å². The van der Waals surface area contributed by atoms with Gasteiger partial charge in [-0.05, 0) is 46.6 Å². The topological polar surface area (TPSA) is 71.0 Å². The Hall–Kier alpha value is -0.820. The Morgan fingerprint density at radius 1 is 1.37 bits per heavy atom. The van der Waals surface area contributed by atoms with Crippen LogP contribution in [-0.4, -0.2) is 43.7 Å². The maximum atomic E-state index is 9.69. The molecule has 0 saturated carbocycles. The number of methoxy groups -OCH3 is 2. The van der Waals surface area contributed by atoms with Crippen molar-refractivity contribution >= 4 is 15.9 Å². The number of rotatable bonds is 8. The molecule has 0 radical (unpaired) electrons. The van der Waals surface area contributed by atoms with Crippen molar-refractivity contribution in [2.45, 2.75) is 19.1 Å². The number of nitrogens with one attached hydrogen (secondary N) is 1. The van der Waals surface area contributed by atoms with Crippen LogP contribution < -0.4 is 10.1 Å². The molecule has 1 rings (SSSR count). The van der Waals surface area contributed by atoms with E-state index < -0.39 is 6.10 Å². The fourth-order valence-electron chi connectivity index (χ4n) is 1.66. The molecule has 108 valence electrons. The van der Waals surface area contributed by atoms with Gasteiger partial charge in [0.1, 0.15) is 0 Å². The van der Waals surface area contributed by atoms with Crippen molar-refractivity contribution in [1.82, 2.24) is 5.32 Å². The highest BCUT2D eigenvalue weighted by molar-refractivity contribution is 9.10. The molecule has 0 saturated heterocycles. The minimum atomic E-state index is -0.446. The largest absolute Gasteiger partial charge is 0.503 e. The molecule has 6 heteroatoms. The second-order valence-electron chi connectivity index (χ2n) is 4.20. The molecule has 0 aromatic heterocycles. The first kappa shape index (κ1) is 16.2. The predicted molar refractivity (Wildman–Crippen MR) is 76.6 cm³/mol. The third-order valence-electron chi connectivity index (χ3n) is 2.65. The van der Waals surface area contributed by atoms with E-state index in [0.29, 0.717) is 36.3 Å². The first-order chi connectivity index (χ1) is 9.08. The van der Waals surface area contributed by atoms with E-state index in [2.05, 4.69) is 21.2 Å². The third kappa shape index (κ3) is 5.36. The van der Waals surface area contributed by atoms with E-state index in [9.17, 15) is 10.2 Å². The Balaban J connectivity index is 2.43. The van der Waals surface area contributed by atoms with Gasteiger partial charge in [0.05, 0.1) is 24.3 Å². The summed E-state index contributed by atoms with van der Waals surface area (Å²) in [6.07, 6.45) is 0.183. The van der Waals surface area contributed by atoms with Gasteiger partial charge in [0.2, 0.25) is 0 Å². The third-order valence-corrected chi connectivity index (χ3v) is 3.26. The van der Waals surface area contributed by atoms with Crippen molar-refractivity contribution in [2.24, 2.45) is 0 Å². The molecule has 1 unspecified atom stereocenters. The van der Waals surface area contributed by atoms with Crippen LogP contribution in [0, 0.1) is 0 Å². The molecule has 0 fully saturated rings. The molecule has 0 aliphatic heterocycles. The summed E-state index contributed by atoms with van der Waals surface area (Å²) in [4.78, 5) is 0. The van der Waals surface area contributed by atoms with Crippen LogP contribution in [0.3, 0.4) is 0 Å². The average Bonchev–Trinajstić information content (AvgIpc) is 2.38. The molecule has 5 nitrogen and oxygen atoms in total. The molecule has 1 aromatic carbocycles. The molecule has 1 atom stereocenters. The number of benzene rings is 1. The molecule has 0 heterocycles. The monoisotopic (exact) mass is 333 g/mol. The van der Waals surface area contributed by atoms with Crippen LogP contribution in [-0.2, 0) is 11.3 Å². The predicted octanol–water partition coefficient (Wildman–Crippen LogP) is 1.65. The summed E-state index contributed by atoms with van der Waals surface area (Å²) in [5.41, 5.74) is 0.989. The summed E-state index contributed by atoms with van der Waals surface area (Å²) in [5, 5.41) is 22.4. The lowest BCUT2D eigenvalue weighted by molar-refractivity contribution is 0.0594. The zero-order valence-corrected chi connectivity index (χ0v) is 12.7. The van der Waals surface area contributed by atoms with E-state index in [-0.39, 0.29) is 5.75 Å². The van der Waals surface area contributed by atoms with E-state index in [4.69, 9.17) is 9.47 Å². The van der Waals surface area contributed by atoms with Gasteiger partial charge in [-0.3, -0.25) is 0 Å². The van der Waals surface area contributed by atoms with Crippen LogP contribution in [0.1, 0.15) is 12.0 Å². The molecular formula is C13H20BrNO4. The Bertz CT molecular complexity index is 400. The van der Waals surface area contributed by atoms with E-state index in [1.807, 2.05) is 6.07 Å². The molecule has 0 aliphatic rings. The van der Waals surface area contributed by atoms with Gasteiger partial charge in [-0.25, -0.2) is 0 Å². The van der Waals surface area contributed by atoms with Gasteiger partial charge in [-0.1, -0.05) is 0 Å². The van der Waals surface area contributed by atoms with E-state index in [1.165, 1.54) is 7.11 Å². The van der Waals surface area contributed by atoms with Crippen LogP contribution in [0.4, 0.5) is 0 Å². The quantitative estimate of drug-likeness (QED) is 0.631. The highest BCUT2D eigenvalue weighted by atomic mass is 79.9. The fourth-order valence-corrected chi connectivity index (χ4v) is 2.15. The number of aliphatic hydroxyl groups excluding tert-OH is 1. The molecule has 19 heavy (non-hydrogen) atoms. The molecule has 0 aliphatic carbocycles. The van der Waals surface area contributed by atoms with Crippen LogP contribution in [0.25, 0.3) is 0 Å². The first-order valence-corrected chi connectivity index (χ1v) is 6.80. The Kier molecular flexibility index (Phi) is 7.15. The normalized spacial score (nSPS) is 12.4. The number of hydrogen-bond acceptors (Lipinski definition) is 5. The maximum absolute atomic E-state index is 9.69. The standard InChI is InChI=1S/C13H20BrNO4/c1-18-8-10(16)3-4-15-7-9-5-11(14)13(17)12(6-9)19-2/h5-6,10,15-17H,3-4,7-8H2,1-2H3. The van der Waals surface area contributed by atoms with E-state index >= 15 is 0 Å². The van der Waals surface area contributed by atoms with Crippen molar-refractivity contribution in [3.63, 3.8) is 0 Å². The SMILES string of the molecule is COCC(O)CCNCc1cc(Br)c(O)c(OC)c1. The summed E-state index contributed by atoms with van der Waals surface area (Å²) in [5.74, 6) is 0.535. The molecule has 3 N–H and O–H groups in total. The van der Waals surface area contributed by atoms with Crippen LogP contribution >= 0.6 is 15.9 Å². The van der Waals surface area contributed by atoms with E-state index in [1.54, 1.807) is 13.2 Å². The van der Waals surface area contributed by atoms with Gasteiger partial charge in [0.25, 0.3) is 0 Å². The number of hydrogen-bond donors (Lipinski definition) is 3. The molecule has 0 bridgehead atoms. The van der Waals surface area contributed by atoms with E-state index in [0.717, 1.165) is 5.56 Å². The van der Waals surface area contributed by atoms with Gasteiger partial charge >= 0.3 is 0 Å². The lowest BCUT2D eigenvalue weighted by Crippen LogP contribution is -2.23. The lowest BCUT2D eigenvalue weighted by atomic mass is 10.2. The second-order valence-corrected chi connectivity index (χ2v) is 5.06. The number of phenolic OH excluding ortho intramolecular Hbond substituents is 1. The van der Waals surface area contributed by atoms with Crippen molar-refractivity contribution < 1.29 is 19.7 Å². The van der Waals surface area contributed by atoms with Gasteiger partial charge in [-0.2, -0.15) is 0 Å². The minimum absolute atomic E-state index is 0.0989. The lowest BCUT2D eigenvalue weighted by Gasteiger charge is -2.12. The molecule has 0 amide bonds. The summed E-state index contributed by atoms with van der Waals surface area (Å²) >= 11 is 3.28. The van der Waals surface area contributed by atoms with Crippen molar-refractivity contribution in [1.29, 1.82) is 0 Å². The van der Waals surface area contributed by atoms with Gasteiger partial charge in [0, 0.05) is 13.7 Å². The zero-order chi connectivity index (χ0) is 14.3. The number of ether oxygens (including phenoxy) is 2. The zero-order valence-electron chi connectivity index (χ0n) is 11.1. The number of aliphatic hydroxyl groups is 1. The van der Waals surface area contributed by atoms with Gasteiger partial charge < -0.3 is 25.0 Å². The Morgan fingerprint density at radius 3 is 2.74 bits per heavy atom.